The molecule has 0 aromatic heterocycles. The quantitative estimate of drug-likeness (QED) is 0.788. The number of hydrogen-bond donors (Lipinski definition) is 3. The molecular weight excluding hydrogens is 338 g/mol. The second-order valence-corrected chi connectivity index (χ2v) is 7.13. The van der Waals surface area contributed by atoms with E-state index in [9.17, 15) is 18.7 Å². The van der Waals surface area contributed by atoms with Crippen LogP contribution >= 0.6 is 0 Å². The highest BCUT2D eigenvalue weighted by Gasteiger charge is 2.41. The van der Waals surface area contributed by atoms with Crippen molar-refractivity contribution in [3.63, 3.8) is 0 Å². The van der Waals surface area contributed by atoms with Gasteiger partial charge in [0.25, 0.3) is 0 Å². The molecule has 1 unspecified atom stereocenters. The molecule has 2 aliphatic rings. The van der Waals surface area contributed by atoms with Crippen molar-refractivity contribution >= 4 is 6.03 Å². The highest BCUT2D eigenvalue weighted by Crippen LogP contribution is 2.42. The Morgan fingerprint density at radius 1 is 1.08 bits per heavy atom. The van der Waals surface area contributed by atoms with Crippen LogP contribution in [0.4, 0.5) is 13.6 Å². The van der Waals surface area contributed by atoms with Gasteiger partial charge in [-0.2, -0.15) is 0 Å². The molecule has 3 N–H and O–H groups in total. The number of aromatic hydroxyl groups is 1. The second-order valence-electron chi connectivity index (χ2n) is 7.13. The summed E-state index contributed by atoms with van der Waals surface area (Å²) in [6, 6.07) is 8.55. The van der Waals surface area contributed by atoms with E-state index in [4.69, 9.17) is 0 Å². The number of carbonyl (C=O) groups is 1. The molecule has 0 heterocycles. The monoisotopic (exact) mass is 358 g/mol. The molecule has 0 radical (unpaired) electrons. The summed E-state index contributed by atoms with van der Waals surface area (Å²) >= 11 is 0. The van der Waals surface area contributed by atoms with Crippen LogP contribution in [0.1, 0.15) is 35.4 Å². The predicted molar refractivity (Wildman–Crippen MR) is 93.1 cm³/mol. The largest absolute Gasteiger partial charge is 0.508 e. The lowest BCUT2D eigenvalue weighted by Gasteiger charge is -2.25. The summed E-state index contributed by atoms with van der Waals surface area (Å²) in [5.74, 6) is -0.996. The van der Waals surface area contributed by atoms with Crippen molar-refractivity contribution in [3.05, 3.63) is 64.7 Å². The molecule has 4 rings (SSSR count). The van der Waals surface area contributed by atoms with Gasteiger partial charge in [-0.3, -0.25) is 0 Å². The lowest BCUT2D eigenvalue weighted by atomic mass is 9.88. The first-order valence-corrected chi connectivity index (χ1v) is 8.82. The van der Waals surface area contributed by atoms with Gasteiger partial charge in [0.05, 0.1) is 0 Å². The summed E-state index contributed by atoms with van der Waals surface area (Å²) in [6.45, 7) is 0. The average Bonchev–Trinajstić information content (AvgIpc) is 3.33. The topological polar surface area (TPSA) is 61.4 Å². The van der Waals surface area contributed by atoms with E-state index in [1.165, 1.54) is 12.1 Å². The van der Waals surface area contributed by atoms with E-state index < -0.39 is 11.6 Å². The Balaban J connectivity index is 1.31. The minimum atomic E-state index is -0.597. The number of halogens is 2. The third kappa shape index (κ3) is 3.49. The summed E-state index contributed by atoms with van der Waals surface area (Å²) in [7, 11) is 0. The third-order valence-electron chi connectivity index (χ3n) is 5.22. The lowest BCUT2D eigenvalue weighted by Crippen LogP contribution is -2.45. The molecule has 0 saturated heterocycles. The summed E-state index contributed by atoms with van der Waals surface area (Å²) in [6.07, 6.45) is 3.00. The van der Waals surface area contributed by atoms with Gasteiger partial charge in [0, 0.05) is 24.1 Å². The van der Waals surface area contributed by atoms with Crippen LogP contribution in [0.2, 0.25) is 0 Å². The summed E-state index contributed by atoms with van der Waals surface area (Å²) in [4.78, 5) is 12.2. The number of phenols is 1. The maximum Gasteiger partial charge on any atom is 0.315 e. The highest BCUT2D eigenvalue weighted by molar-refractivity contribution is 5.75. The van der Waals surface area contributed by atoms with Crippen LogP contribution < -0.4 is 10.6 Å². The molecule has 4 nitrogen and oxygen atoms in total. The van der Waals surface area contributed by atoms with Gasteiger partial charge in [0.1, 0.15) is 17.4 Å². The Hall–Kier alpha value is -2.63. The number of nitrogens with one attached hydrogen (secondary N) is 2. The van der Waals surface area contributed by atoms with Crippen LogP contribution in [0.5, 0.6) is 5.75 Å². The Bertz CT molecular complexity index is 856. The van der Waals surface area contributed by atoms with Gasteiger partial charge >= 0.3 is 6.03 Å². The fourth-order valence-corrected chi connectivity index (χ4v) is 3.76. The van der Waals surface area contributed by atoms with Crippen molar-refractivity contribution in [2.45, 2.75) is 43.7 Å². The van der Waals surface area contributed by atoms with Crippen LogP contribution in [0.15, 0.2) is 36.4 Å². The zero-order valence-corrected chi connectivity index (χ0v) is 14.1. The molecular formula is C20H20F2N2O2. The molecule has 2 aromatic carbocycles. The van der Waals surface area contributed by atoms with Crippen LogP contribution in [-0.4, -0.2) is 23.2 Å². The van der Waals surface area contributed by atoms with E-state index >= 15 is 0 Å². The molecule has 0 spiro atoms. The number of rotatable bonds is 3. The Morgan fingerprint density at radius 3 is 2.73 bits per heavy atom. The molecule has 0 bridgehead atoms. The molecule has 6 heteroatoms. The lowest BCUT2D eigenvalue weighted by molar-refractivity contribution is 0.235. The van der Waals surface area contributed by atoms with Crippen molar-refractivity contribution in [3.8, 4) is 5.75 Å². The van der Waals surface area contributed by atoms with Crippen molar-refractivity contribution < 1.29 is 18.7 Å². The molecule has 0 aliphatic heterocycles. The Morgan fingerprint density at radius 2 is 1.92 bits per heavy atom. The van der Waals surface area contributed by atoms with E-state index in [1.54, 1.807) is 12.1 Å². The van der Waals surface area contributed by atoms with Crippen molar-refractivity contribution in [2.75, 3.05) is 0 Å². The minimum absolute atomic E-state index is 0.0341. The summed E-state index contributed by atoms with van der Waals surface area (Å²) in [5, 5.41) is 15.4. The number of urea groups is 1. The molecule has 1 fully saturated rings. The SMILES string of the molecule is O=C(NC1CCc2cc(O)ccc2C1)N[C@@H]1C[C@H]1c1ccc(F)cc1F. The summed E-state index contributed by atoms with van der Waals surface area (Å²) in [5.41, 5.74) is 2.71. The normalized spacial score (nSPS) is 23.8. The zero-order valence-electron chi connectivity index (χ0n) is 14.1. The van der Waals surface area contributed by atoms with Crippen molar-refractivity contribution in [1.29, 1.82) is 0 Å². The van der Waals surface area contributed by atoms with Crippen LogP contribution in [-0.2, 0) is 12.8 Å². The van der Waals surface area contributed by atoms with Gasteiger partial charge in [0.2, 0.25) is 0 Å². The minimum Gasteiger partial charge on any atom is -0.508 e. The maximum atomic E-state index is 13.8. The van der Waals surface area contributed by atoms with E-state index in [-0.39, 0.29) is 29.8 Å². The van der Waals surface area contributed by atoms with Crippen molar-refractivity contribution in [1.82, 2.24) is 10.6 Å². The van der Waals surface area contributed by atoms with Gasteiger partial charge in [-0.25, -0.2) is 13.6 Å². The Labute approximate surface area is 150 Å². The van der Waals surface area contributed by atoms with Crippen molar-refractivity contribution in [2.24, 2.45) is 0 Å². The molecule has 26 heavy (non-hydrogen) atoms. The maximum absolute atomic E-state index is 13.8. The number of phenolic OH excluding ortho intramolecular Hbond substituents is 1. The highest BCUT2D eigenvalue weighted by atomic mass is 19.1. The number of hydrogen-bond acceptors (Lipinski definition) is 2. The van der Waals surface area contributed by atoms with Gasteiger partial charge < -0.3 is 15.7 Å². The van der Waals surface area contributed by atoms with Gasteiger partial charge in [-0.1, -0.05) is 12.1 Å². The van der Waals surface area contributed by atoms with E-state index in [2.05, 4.69) is 10.6 Å². The van der Waals surface area contributed by atoms with E-state index in [0.29, 0.717) is 12.0 Å². The van der Waals surface area contributed by atoms with E-state index in [0.717, 1.165) is 36.5 Å². The average molecular weight is 358 g/mol. The predicted octanol–water partition coefficient (Wildman–Crippen LogP) is 3.38. The molecule has 2 aromatic rings. The number of aryl methyl sites for hydroxylation is 1. The van der Waals surface area contributed by atoms with Gasteiger partial charge in [-0.15, -0.1) is 0 Å². The van der Waals surface area contributed by atoms with Gasteiger partial charge in [0.15, 0.2) is 0 Å². The van der Waals surface area contributed by atoms with E-state index in [1.807, 2.05) is 6.07 Å². The van der Waals surface area contributed by atoms with Gasteiger partial charge in [-0.05, 0) is 60.6 Å². The first kappa shape index (κ1) is 16.8. The molecule has 2 aliphatic carbocycles. The first-order chi connectivity index (χ1) is 12.5. The molecule has 136 valence electrons. The molecule has 2 amide bonds. The number of fused-ring (bicyclic) bond motifs is 1. The Kier molecular flexibility index (Phi) is 4.26. The fourth-order valence-electron chi connectivity index (χ4n) is 3.76. The fraction of sp³-hybridized carbons (Fsp3) is 0.350. The van der Waals surface area contributed by atoms with Crippen LogP contribution in [0.25, 0.3) is 0 Å². The third-order valence-corrected chi connectivity index (χ3v) is 5.22. The van der Waals surface area contributed by atoms with Crippen LogP contribution in [0, 0.1) is 11.6 Å². The summed E-state index contributed by atoms with van der Waals surface area (Å²) < 4.78 is 26.8. The van der Waals surface area contributed by atoms with Crippen LogP contribution in [0.3, 0.4) is 0 Å². The number of carbonyl (C=O) groups excluding carboxylic acids is 1. The number of benzene rings is 2. The first-order valence-electron chi connectivity index (χ1n) is 8.82. The molecule has 3 atom stereocenters. The molecule has 1 saturated carbocycles. The zero-order chi connectivity index (χ0) is 18.3. The smallest absolute Gasteiger partial charge is 0.315 e. The second kappa shape index (κ2) is 6.59. The standard InChI is InChI=1S/C20H20F2N2O2/c21-13-3-6-16(18(22)9-13)17-10-19(17)24-20(26)23-14-4-1-12-8-15(25)5-2-11(12)7-14/h2-3,5-6,8-9,14,17,19,25H,1,4,7,10H2,(H2,23,24,26)/t14?,17-,19+/m0/s1. The number of amides is 2.